The smallest absolute Gasteiger partial charge is 0.0437 e. The molecule has 0 fully saturated rings. The molecule has 0 atom stereocenters. The van der Waals surface area contributed by atoms with Gasteiger partial charge in [0.2, 0.25) is 0 Å². The Balaban J connectivity index is 1.03. The van der Waals surface area contributed by atoms with E-state index in [0.717, 1.165) is 0 Å². The van der Waals surface area contributed by atoms with Gasteiger partial charge in [-0.05, 0) is 134 Å². The van der Waals surface area contributed by atoms with Crippen molar-refractivity contribution in [3.05, 3.63) is 205 Å². The zero-order valence-corrected chi connectivity index (χ0v) is 34.2. The van der Waals surface area contributed by atoms with Crippen LogP contribution in [0.3, 0.4) is 0 Å². The number of rotatable bonds is 3. The Hall–Kier alpha value is -7.06. The van der Waals surface area contributed by atoms with Crippen molar-refractivity contribution in [3.63, 3.8) is 0 Å². The lowest BCUT2D eigenvalue weighted by Gasteiger charge is -2.25. The Morgan fingerprint density at radius 1 is 0.333 bits per heavy atom. The van der Waals surface area contributed by atoms with Crippen molar-refractivity contribution in [2.75, 3.05) is 0 Å². The first-order chi connectivity index (χ1) is 29.5. The molecule has 60 heavy (non-hydrogen) atoms. The van der Waals surface area contributed by atoms with E-state index in [0.29, 0.717) is 0 Å². The van der Waals surface area contributed by atoms with Crippen LogP contribution in [-0.4, -0.2) is 0 Å². The SMILES string of the molecule is CC1(C)c2ccccc2-c2cc3c(sc4cc5ccccc5cc43)c(-c3ccc4cc(-c5c6ccccc6c(-c6cccc7ccccc67)c6ccccc56)ccc4c3)c21. The quantitative estimate of drug-likeness (QED) is 0.157. The van der Waals surface area contributed by atoms with E-state index in [4.69, 9.17) is 0 Å². The highest BCUT2D eigenvalue weighted by molar-refractivity contribution is 7.26. The van der Waals surface area contributed by atoms with Crippen molar-refractivity contribution in [2.24, 2.45) is 0 Å². The normalized spacial score (nSPS) is 13.3. The van der Waals surface area contributed by atoms with Gasteiger partial charge in [-0.2, -0.15) is 0 Å². The molecule has 0 radical (unpaired) electrons. The van der Waals surface area contributed by atoms with Gasteiger partial charge in [-0.3, -0.25) is 0 Å². The predicted molar refractivity (Wildman–Crippen MR) is 261 cm³/mol. The molecule has 1 heterocycles. The van der Waals surface area contributed by atoms with Crippen molar-refractivity contribution in [2.45, 2.75) is 19.3 Å². The summed E-state index contributed by atoms with van der Waals surface area (Å²) < 4.78 is 2.72. The number of hydrogen-bond donors (Lipinski definition) is 0. The molecule has 0 unspecified atom stereocenters. The largest absolute Gasteiger partial charge is 0.134 e. The van der Waals surface area contributed by atoms with Gasteiger partial charge in [-0.25, -0.2) is 0 Å². The van der Waals surface area contributed by atoms with Crippen LogP contribution in [0.4, 0.5) is 0 Å². The molecule has 1 heteroatoms. The maximum absolute atomic E-state index is 2.50. The van der Waals surface area contributed by atoms with Crippen molar-refractivity contribution in [1.82, 2.24) is 0 Å². The molecular weight excluding hydrogens is 741 g/mol. The van der Waals surface area contributed by atoms with Gasteiger partial charge >= 0.3 is 0 Å². The Labute approximate surface area is 352 Å². The summed E-state index contributed by atoms with van der Waals surface area (Å²) in [5.41, 5.74) is 13.2. The highest BCUT2D eigenvalue weighted by Crippen LogP contribution is 2.57. The Kier molecular flexibility index (Phi) is 7.04. The Morgan fingerprint density at radius 2 is 0.850 bits per heavy atom. The summed E-state index contributed by atoms with van der Waals surface area (Å²) in [5, 5.41) is 15.4. The summed E-state index contributed by atoms with van der Waals surface area (Å²) in [6.07, 6.45) is 0. The molecule has 0 nitrogen and oxygen atoms in total. The van der Waals surface area contributed by atoms with Crippen molar-refractivity contribution < 1.29 is 0 Å². The van der Waals surface area contributed by atoms with Crippen LogP contribution in [0.15, 0.2) is 194 Å². The van der Waals surface area contributed by atoms with Gasteiger partial charge in [0.05, 0.1) is 0 Å². The van der Waals surface area contributed by atoms with Gasteiger partial charge < -0.3 is 0 Å². The maximum Gasteiger partial charge on any atom is 0.0437 e. The first-order valence-corrected chi connectivity index (χ1v) is 21.8. The van der Waals surface area contributed by atoms with E-state index in [1.807, 2.05) is 11.3 Å². The fourth-order valence-corrected chi connectivity index (χ4v) is 12.1. The lowest BCUT2D eigenvalue weighted by atomic mass is 9.78. The van der Waals surface area contributed by atoms with E-state index in [2.05, 4.69) is 208 Å². The molecule has 0 bridgehead atoms. The Morgan fingerprint density at radius 3 is 1.55 bits per heavy atom. The van der Waals surface area contributed by atoms with Crippen molar-refractivity contribution in [3.8, 4) is 44.5 Å². The summed E-state index contributed by atoms with van der Waals surface area (Å²) in [6.45, 7) is 4.84. The second-order valence-electron chi connectivity index (χ2n) is 17.2. The second kappa shape index (κ2) is 12.5. The molecule has 11 aromatic carbocycles. The summed E-state index contributed by atoms with van der Waals surface area (Å²) in [5.74, 6) is 0. The molecule has 0 saturated heterocycles. The van der Waals surface area contributed by atoms with Crippen LogP contribution in [0.25, 0.3) is 119 Å². The van der Waals surface area contributed by atoms with E-state index < -0.39 is 0 Å². The minimum absolute atomic E-state index is 0.143. The summed E-state index contributed by atoms with van der Waals surface area (Å²) >= 11 is 1.95. The van der Waals surface area contributed by atoms with Crippen LogP contribution in [0.5, 0.6) is 0 Å². The monoisotopic (exact) mass is 778 g/mol. The maximum atomic E-state index is 2.50. The van der Waals surface area contributed by atoms with Crippen molar-refractivity contribution in [1.29, 1.82) is 0 Å². The van der Waals surface area contributed by atoms with Crippen LogP contribution in [0.1, 0.15) is 25.0 Å². The zero-order chi connectivity index (χ0) is 39.7. The number of hydrogen-bond acceptors (Lipinski definition) is 1. The predicted octanol–water partition coefficient (Wildman–Crippen LogP) is 17.1. The highest BCUT2D eigenvalue weighted by Gasteiger charge is 2.39. The first kappa shape index (κ1) is 33.9. The van der Waals surface area contributed by atoms with Crippen LogP contribution in [0, 0.1) is 0 Å². The Bertz CT molecular complexity index is 3740. The van der Waals surface area contributed by atoms with Gasteiger partial charge in [0.25, 0.3) is 0 Å². The molecule has 12 aromatic rings. The third-order valence-corrected chi connectivity index (χ3v) is 14.7. The van der Waals surface area contributed by atoms with E-state index in [9.17, 15) is 0 Å². The van der Waals surface area contributed by atoms with Crippen LogP contribution >= 0.6 is 11.3 Å². The van der Waals surface area contributed by atoms with Crippen LogP contribution in [0.2, 0.25) is 0 Å². The fraction of sp³-hybridized carbons (Fsp3) is 0.0508. The third-order valence-electron chi connectivity index (χ3n) is 13.6. The van der Waals surface area contributed by atoms with Gasteiger partial charge in [-0.15, -0.1) is 11.3 Å². The molecule has 0 amide bonds. The third kappa shape index (κ3) is 4.73. The molecule has 0 spiro atoms. The van der Waals surface area contributed by atoms with Gasteiger partial charge in [0, 0.05) is 31.2 Å². The van der Waals surface area contributed by atoms with E-state index >= 15 is 0 Å². The van der Waals surface area contributed by atoms with E-state index in [-0.39, 0.29) is 5.41 Å². The van der Waals surface area contributed by atoms with Crippen LogP contribution in [-0.2, 0) is 5.41 Å². The average molecular weight is 779 g/mol. The van der Waals surface area contributed by atoms with Crippen molar-refractivity contribution >= 4 is 85.4 Å². The van der Waals surface area contributed by atoms with Gasteiger partial charge in [-0.1, -0.05) is 178 Å². The lowest BCUT2D eigenvalue weighted by Crippen LogP contribution is -2.16. The molecule has 1 aromatic heterocycles. The second-order valence-corrected chi connectivity index (χ2v) is 18.2. The summed E-state index contributed by atoms with van der Waals surface area (Å²) in [6, 6.07) is 73.0. The molecule has 0 saturated carbocycles. The minimum Gasteiger partial charge on any atom is -0.134 e. The van der Waals surface area contributed by atoms with Gasteiger partial charge in [0.15, 0.2) is 0 Å². The van der Waals surface area contributed by atoms with E-state index in [1.165, 1.54) is 130 Å². The fourth-order valence-electron chi connectivity index (χ4n) is 10.9. The topological polar surface area (TPSA) is 0 Å². The first-order valence-electron chi connectivity index (χ1n) is 21.0. The lowest BCUT2D eigenvalue weighted by molar-refractivity contribution is 0.663. The summed E-state index contributed by atoms with van der Waals surface area (Å²) in [4.78, 5) is 0. The van der Waals surface area contributed by atoms with Gasteiger partial charge in [0.1, 0.15) is 0 Å². The highest BCUT2D eigenvalue weighted by atomic mass is 32.1. The molecule has 13 rings (SSSR count). The zero-order valence-electron chi connectivity index (χ0n) is 33.4. The molecule has 280 valence electrons. The molecule has 1 aliphatic carbocycles. The average Bonchev–Trinajstić information content (AvgIpc) is 3.76. The number of thiophene rings is 1. The molecule has 0 N–H and O–H groups in total. The number of benzene rings is 11. The number of fused-ring (bicyclic) bond motifs is 11. The standard InChI is InChI=1S/C59H38S/c1-59(2)52-25-12-11-19-43(52)50-34-51-49-32-36-15-3-4-16-37(36)33-53(49)60-58(51)55(57(50)59)41-29-27-38-30-40(28-26-39(38)31-41)54-45-20-7-9-22-47(45)56(48-23-10-8-21-46(48)54)44-24-13-17-35-14-5-6-18-42(35)44/h3-34H,1-2H3. The van der Waals surface area contributed by atoms with E-state index in [1.54, 1.807) is 0 Å². The molecule has 0 aliphatic heterocycles. The minimum atomic E-state index is -0.143. The molecular formula is C59H38S. The van der Waals surface area contributed by atoms with Crippen LogP contribution < -0.4 is 0 Å². The summed E-state index contributed by atoms with van der Waals surface area (Å²) in [7, 11) is 0. The molecule has 1 aliphatic rings.